The first kappa shape index (κ1) is 28.5. The van der Waals surface area contributed by atoms with Crippen molar-refractivity contribution in [1.29, 1.82) is 0 Å². The lowest BCUT2D eigenvalue weighted by Gasteiger charge is -2.36. The zero-order valence-corrected chi connectivity index (χ0v) is 24.9. The predicted molar refractivity (Wildman–Crippen MR) is 167 cm³/mol. The molecule has 0 radical (unpaired) electrons. The Morgan fingerprint density at radius 3 is 2.42 bits per heavy atom. The van der Waals surface area contributed by atoms with Gasteiger partial charge in [0.05, 0.1) is 11.3 Å². The maximum Gasteiger partial charge on any atom is 0.332 e. The molecule has 2 aliphatic rings. The highest BCUT2D eigenvalue weighted by Crippen LogP contribution is 2.45. The SMILES string of the molecule is CSC[C@H](NC(=O)c1ccccc1N1C(=O)[C@@H]2Cc3c([nH]c4ccccc34)[C@@H](c3ccc(C(C)C)cc3)N2C1=O)C(=O)O. The Morgan fingerprint density at radius 2 is 1.72 bits per heavy atom. The Balaban J connectivity index is 1.43. The monoisotopic (exact) mass is 596 g/mol. The van der Waals surface area contributed by atoms with Gasteiger partial charge in [0.2, 0.25) is 0 Å². The van der Waals surface area contributed by atoms with E-state index in [1.54, 1.807) is 29.4 Å². The summed E-state index contributed by atoms with van der Waals surface area (Å²) in [6, 6.07) is 19.4. The minimum Gasteiger partial charge on any atom is -0.480 e. The predicted octanol–water partition coefficient (Wildman–Crippen LogP) is 5.32. The van der Waals surface area contributed by atoms with Gasteiger partial charge < -0.3 is 15.4 Å². The second kappa shape index (κ2) is 11.3. The summed E-state index contributed by atoms with van der Waals surface area (Å²) < 4.78 is 0. The quantitative estimate of drug-likeness (QED) is 0.237. The van der Waals surface area contributed by atoms with E-state index in [-0.39, 0.29) is 17.0 Å². The van der Waals surface area contributed by atoms with Crippen LogP contribution in [0.25, 0.3) is 10.9 Å². The van der Waals surface area contributed by atoms with Crippen LogP contribution in [0.5, 0.6) is 0 Å². The van der Waals surface area contributed by atoms with Crippen molar-refractivity contribution in [3.63, 3.8) is 0 Å². The number of aromatic nitrogens is 1. The number of rotatable bonds is 8. The highest BCUT2D eigenvalue weighted by Gasteiger charge is 2.53. The summed E-state index contributed by atoms with van der Waals surface area (Å²) in [7, 11) is 0. The van der Waals surface area contributed by atoms with Gasteiger partial charge in [0.1, 0.15) is 18.1 Å². The van der Waals surface area contributed by atoms with Crippen LogP contribution in [0.4, 0.5) is 10.5 Å². The number of aliphatic carboxylic acids is 1. The van der Waals surface area contributed by atoms with E-state index in [0.717, 1.165) is 32.6 Å². The van der Waals surface area contributed by atoms with Gasteiger partial charge in [-0.15, -0.1) is 0 Å². The molecule has 0 aliphatic carbocycles. The van der Waals surface area contributed by atoms with Crippen LogP contribution in [0.1, 0.15) is 58.5 Å². The fourth-order valence-corrected chi connectivity index (χ4v) is 6.70. The summed E-state index contributed by atoms with van der Waals surface area (Å²) in [5.41, 5.74) is 5.01. The van der Waals surface area contributed by atoms with Crippen LogP contribution >= 0.6 is 11.8 Å². The van der Waals surface area contributed by atoms with Gasteiger partial charge in [-0.3, -0.25) is 14.5 Å². The maximum atomic E-state index is 14.3. The molecule has 220 valence electrons. The number of para-hydroxylation sites is 2. The molecule has 3 atom stereocenters. The normalized spacial score (nSPS) is 18.6. The zero-order valence-electron chi connectivity index (χ0n) is 24.0. The number of benzene rings is 3. The Hall–Kier alpha value is -4.57. The van der Waals surface area contributed by atoms with Gasteiger partial charge in [-0.1, -0.05) is 68.4 Å². The van der Waals surface area contributed by atoms with E-state index in [0.29, 0.717) is 12.3 Å². The molecule has 4 amide bonds. The summed E-state index contributed by atoms with van der Waals surface area (Å²) in [4.78, 5) is 59.8. The van der Waals surface area contributed by atoms with Gasteiger partial charge in [-0.25, -0.2) is 14.5 Å². The van der Waals surface area contributed by atoms with Crippen molar-refractivity contribution in [1.82, 2.24) is 15.2 Å². The van der Waals surface area contributed by atoms with E-state index >= 15 is 0 Å². The largest absolute Gasteiger partial charge is 0.480 e. The fraction of sp³-hybridized carbons (Fsp3) is 0.273. The molecule has 10 heteroatoms. The Morgan fingerprint density at radius 1 is 1.02 bits per heavy atom. The third kappa shape index (κ3) is 4.85. The number of nitrogens with zero attached hydrogens (tertiary/aromatic N) is 2. The van der Waals surface area contributed by atoms with Crippen LogP contribution in [0, 0.1) is 0 Å². The number of aromatic amines is 1. The average Bonchev–Trinajstić information content (AvgIpc) is 3.49. The highest BCUT2D eigenvalue weighted by molar-refractivity contribution is 7.98. The number of carboxylic acids is 1. The first-order valence-corrected chi connectivity index (χ1v) is 15.6. The van der Waals surface area contributed by atoms with Gasteiger partial charge in [0, 0.05) is 28.8 Å². The first-order chi connectivity index (χ1) is 20.7. The number of anilines is 1. The van der Waals surface area contributed by atoms with Gasteiger partial charge in [0.25, 0.3) is 11.8 Å². The Kier molecular flexibility index (Phi) is 7.47. The molecule has 3 aromatic carbocycles. The van der Waals surface area contributed by atoms with E-state index in [1.807, 2.05) is 36.4 Å². The van der Waals surface area contributed by atoms with Crippen molar-refractivity contribution < 1.29 is 24.3 Å². The molecule has 1 saturated heterocycles. The van der Waals surface area contributed by atoms with Crippen molar-refractivity contribution in [3.8, 4) is 0 Å². The van der Waals surface area contributed by atoms with Crippen molar-refractivity contribution in [2.24, 2.45) is 0 Å². The minimum atomic E-state index is -1.16. The van der Waals surface area contributed by atoms with Crippen molar-refractivity contribution in [2.75, 3.05) is 16.9 Å². The summed E-state index contributed by atoms with van der Waals surface area (Å²) in [5.74, 6) is -1.75. The fourth-order valence-electron chi connectivity index (χ4n) is 6.14. The molecule has 0 spiro atoms. The number of amides is 4. The number of imide groups is 1. The summed E-state index contributed by atoms with van der Waals surface area (Å²) >= 11 is 1.29. The van der Waals surface area contributed by atoms with Crippen LogP contribution in [-0.2, 0) is 16.0 Å². The number of H-pyrrole nitrogens is 1. The van der Waals surface area contributed by atoms with Crippen LogP contribution in [-0.4, -0.2) is 62.9 Å². The van der Waals surface area contributed by atoms with Crippen molar-refractivity contribution in [2.45, 2.75) is 44.3 Å². The number of carbonyl (C=O) groups is 4. The molecule has 1 fully saturated rings. The van der Waals surface area contributed by atoms with Crippen molar-refractivity contribution in [3.05, 3.63) is 101 Å². The third-order valence-corrected chi connectivity index (χ3v) is 8.96. The number of hydrogen-bond donors (Lipinski definition) is 3. The molecule has 4 aromatic rings. The number of carbonyl (C=O) groups excluding carboxylic acids is 3. The maximum absolute atomic E-state index is 14.3. The van der Waals surface area contributed by atoms with Crippen LogP contribution < -0.4 is 10.2 Å². The first-order valence-electron chi connectivity index (χ1n) is 14.2. The third-order valence-electron chi connectivity index (χ3n) is 8.29. The minimum absolute atomic E-state index is 0.0539. The standard InChI is InChI=1S/C33H32N4O5S/c1-18(2)19-12-14-20(15-13-19)29-28-23(21-8-4-6-10-24(21)34-28)16-27-31(39)37(33(42)36(27)29)26-11-7-5-9-22(26)30(38)35-25(17-43-3)32(40)41/h4-15,18,25,27,29,34H,16-17H2,1-3H3,(H,35,38)(H,40,41)/t25-,27-,29+/m0/s1. The lowest BCUT2D eigenvalue weighted by Crippen LogP contribution is -2.44. The lowest BCUT2D eigenvalue weighted by atomic mass is 9.88. The number of fused-ring (bicyclic) bond motifs is 4. The topological polar surface area (TPSA) is 123 Å². The summed E-state index contributed by atoms with van der Waals surface area (Å²) in [5, 5.41) is 13.1. The molecule has 3 N–H and O–H groups in total. The number of carboxylic acid groups (broad SMARTS) is 1. The smallest absolute Gasteiger partial charge is 0.332 e. The molecule has 43 heavy (non-hydrogen) atoms. The molecule has 0 unspecified atom stereocenters. The van der Waals surface area contributed by atoms with E-state index in [2.05, 4.69) is 36.3 Å². The van der Waals surface area contributed by atoms with Gasteiger partial charge >= 0.3 is 12.0 Å². The molecule has 9 nitrogen and oxygen atoms in total. The number of urea groups is 1. The van der Waals surface area contributed by atoms with Crippen molar-refractivity contribution >= 4 is 52.2 Å². The molecular weight excluding hydrogens is 564 g/mol. The molecular formula is C33H32N4O5S. The van der Waals surface area contributed by atoms with E-state index in [9.17, 15) is 24.3 Å². The zero-order chi connectivity index (χ0) is 30.4. The molecule has 6 rings (SSSR count). The molecule has 0 bridgehead atoms. The summed E-state index contributed by atoms with van der Waals surface area (Å²) in [6.45, 7) is 4.24. The summed E-state index contributed by atoms with van der Waals surface area (Å²) in [6.07, 6.45) is 2.07. The second-order valence-corrected chi connectivity index (χ2v) is 12.1. The van der Waals surface area contributed by atoms with E-state index in [1.165, 1.54) is 23.4 Å². The molecule has 0 saturated carbocycles. The van der Waals surface area contributed by atoms with Crippen LogP contribution in [0.2, 0.25) is 0 Å². The molecule has 3 heterocycles. The van der Waals surface area contributed by atoms with Crippen LogP contribution in [0.15, 0.2) is 72.8 Å². The van der Waals surface area contributed by atoms with Gasteiger partial charge in [-0.2, -0.15) is 11.8 Å². The second-order valence-electron chi connectivity index (χ2n) is 11.2. The lowest BCUT2D eigenvalue weighted by molar-refractivity contribution is -0.138. The van der Waals surface area contributed by atoms with Gasteiger partial charge in [-0.05, 0) is 47.1 Å². The average molecular weight is 597 g/mol. The van der Waals surface area contributed by atoms with Gasteiger partial charge in [0.15, 0.2) is 0 Å². The number of thioether (sulfide) groups is 1. The number of hydrogen-bond acceptors (Lipinski definition) is 5. The molecule has 2 aliphatic heterocycles. The molecule has 1 aromatic heterocycles. The van der Waals surface area contributed by atoms with Crippen LogP contribution in [0.3, 0.4) is 0 Å². The Labute approximate surface area is 253 Å². The highest BCUT2D eigenvalue weighted by atomic mass is 32.2. The number of nitrogens with one attached hydrogen (secondary N) is 2. The van der Waals surface area contributed by atoms with E-state index in [4.69, 9.17) is 0 Å². The Bertz CT molecular complexity index is 1750. The van der Waals surface area contributed by atoms with E-state index < -0.39 is 41.9 Å².